The Morgan fingerprint density at radius 2 is 1.95 bits per heavy atom. The summed E-state index contributed by atoms with van der Waals surface area (Å²) in [6.07, 6.45) is 1.24. The van der Waals surface area contributed by atoms with E-state index in [1.54, 1.807) is 23.4 Å². The van der Waals surface area contributed by atoms with Crippen molar-refractivity contribution in [3.63, 3.8) is 0 Å². The van der Waals surface area contributed by atoms with E-state index in [0.717, 1.165) is 36.3 Å². The third-order valence-electron chi connectivity index (χ3n) is 6.89. The fourth-order valence-electron chi connectivity index (χ4n) is 4.76. The lowest BCUT2D eigenvalue weighted by Gasteiger charge is -2.25. The molecular weight excluding hydrogens is 485 g/mol. The molecule has 4 aromatic rings. The molecule has 4 heterocycles. The van der Waals surface area contributed by atoms with Crippen molar-refractivity contribution in [1.82, 2.24) is 20.3 Å². The number of halogens is 3. The first kappa shape index (κ1) is 23.5. The summed E-state index contributed by atoms with van der Waals surface area (Å²) in [6, 6.07) is 14.8. The highest BCUT2D eigenvalue weighted by atomic mass is 19.4. The second-order valence-corrected chi connectivity index (χ2v) is 9.42. The van der Waals surface area contributed by atoms with Gasteiger partial charge in [0, 0.05) is 36.0 Å². The maximum Gasteiger partial charge on any atom is 0.433 e. The fourth-order valence-corrected chi connectivity index (χ4v) is 4.76. The zero-order chi connectivity index (χ0) is 25.6. The van der Waals surface area contributed by atoms with Gasteiger partial charge in [-0.15, -0.1) is 5.06 Å². The Morgan fingerprint density at radius 3 is 2.68 bits per heavy atom. The van der Waals surface area contributed by atoms with E-state index < -0.39 is 23.5 Å². The van der Waals surface area contributed by atoms with Crippen molar-refractivity contribution in [3.8, 4) is 17.2 Å². The number of rotatable bonds is 6. The molecule has 3 aromatic heterocycles. The normalized spacial score (nSPS) is 19.2. The van der Waals surface area contributed by atoms with Crippen LogP contribution in [0.2, 0.25) is 0 Å². The van der Waals surface area contributed by atoms with Crippen molar-refractivity contribution < 1.29 is 27.2 Å². The number of benzene rings is 1. The largest absolute Gasteiger partial charge is 0.433 e. The highest BCUT2D eigenvalue weighted by molar-refractivity contribution is 5.83. The molecule has 1 unspecified atom stereocenters. The number of hydrogen-bond acceptors (Lipinski definition) is 6. The Morgan fingerprint density at radius 1 is 1.11 bits per heavy atom. The molecule has 1 atom stereocenters. The first-order valence-corrected chi connectivity index (χ1v) is 12.1. The van der Waals surface area contributed by atoms with Gasteiger partial charge in [-0.25, -0.2) is 0 Å². The van der Waals surface area contributed by atoms with Gasteiger partial charge in [-0.3, -0.25) is 14.8 Å². The number of pyridine rings is 2. The molecule has 37 heavy (non-hydrogen) atoms. The van der Waals surface area contributed by atoms with E-state index in [9.17, 15) is 18.0 Å². The standard InChI is InChI=1S/C27H23F3N4O3/c28-27(29,30)23-8-7-18(16-32-23)20-15-19(9-12-31-20)26(10-11-26)33-25(35)21-5-3-13-34(21)37-24-14-17-4-1-2-6-22(17)36-24/h1-2,4,6-9,12,14-16,21H,3,5,10-11,13H2,(H,33,35). The number of hydroxylamine groups is 2. The first-order valence-electron chi connectivity index (χ1n) is 12.1. The van der Waals surface area contributed by atoms with E-state index in [-0.39, 0.29) is 5.91 Å². The lowest BCUT2D eigenvalue weighted by atomic mass is 10.0. The Balaban J connectivity index is 1.17. The Bertz CT molecular complexity index is 1410. The summed E-state index contributed by atoms with van der Waals surface area (Å²) < 4.78 is 44.3. The number of alkyl halides is 3. The quantitative estimate of drug-likeness (QED) is 0.372. The summed E-state index contributed by atoms with van der Waals surface area (Å²) in [5, 5.41) is 5.78. The van der Waals surface area contributed by atoms with Gasteiger partial charge in [0.1, 0.15) is 17.3 Å². The number of carbonyl (C=O) groups excluding carboxylic acids is 1. The minimum atomic E-state index is -4.50. The fraction of sp³-hybridized carbons (Fsp3) is 0.296. The number of nitrogens with zero attached hydrogens (tertiary/aromatic N) is 3. The minimum Gasteiger partial charge on any atom is -0.424 e. The van der Waals surface area contributed by atoms with Gasteiger partial charge < -0.3 is 14.6 Å². The van der Waals surface area contributed by atoms with E-state index in [1.807, 2.05) is 30.3 Å². The van der Waals surface area contributed by atoms with Gasteiger partial charge in [0.15, 0.2) is 0 Å². The Labute approximate surface area is 210 Å². The van der Waals surface area contributed by atoms with Crippen LogP contribution in [0.1, 0.15) is 36.9 Å². The van der Waals surface area contributed by atoms with Gasteiger partial charge in [-0.1, -0.05) is 18.2 Å². The van der Waals surface area contributed by atoms with Crippen molar-refractivity contribution in [2.45, 2.75) is 43.4 Å². The molecule has 1 saturated carbocycles. The average molecular weight is 509 g/mol. The van der Waals surface area contributed by atoms with E-state index in [0.29, 0.717) is 35.8 Å². The lowest BCUT2D eigenvalue weighted by molar-refractivity contribution is -0.142. The van der Waals surface area contributed by atoms with Crippen LogP contribution in [0.5, 0.6) is 5.95 Å². The number of para-hydroxylation sites is 1. The summed E-state index contributed by atoms with van der Waals surface area (Å²) >= 11 is 0. The number of nitrogens with one attached hydrogen (secondary N) is 1. The van der Waals surface area contributed by atoms with Crippen LogP contribution >= 0.6 is 0 Å². The molecule has 10 heteroatoms. The number of hydrogen-bond donors (Lipinski definition) is 1. The Hall–Kier alpha value is -3.92. The predicted molar refractivity (Wildman–Crippen MR) is 128 cm³/mol. The van der Waals surface area contributed by atoms with Gasteiger partial charge >= 0.3 is 12.1 Å². The van der Waals surface area contributed by atoms with Crippen molar-refractivity contribution in [2.24, 2.45) is 0 Å². The van der Waals surface area contributed by atoms with Crippen LogP contribution in [0.4, 0.5) is 13.2 Å². The minimum absolute atomic E-state index is 0.138. The van der Waals surface area contributed by atoms with Gasteiger partial charge in [0.2, 0.25) is 5.91 Å². The smallest absolute Gasteiger partial charge is 0.424 e. The van der Waals surface area contributed by atoms with E-state index in [4.69, 9.17) is 9.25 Å². The molecule has 1 saturated heterocycles. The van der Waals surface area contributed by atoms with Crippen LogP contribution in [0.3, 0.4) is 0 Å². The zero-order valence-corrected chi connectivity index (χ0v) is 19.7. The highest BCUT2D eigenvalue weighted by Gasteiger charge is 2.48. The molecule has 0 spiro atoms. The molecule has 2 aliphatic rings. The molecule has 190 valence electrons. The molecule has 1 N–H and O–H groups in total. The number of furan rings is 1. The van der Waals surface area contributed by atoms with Crippen molar-refractivity contribution in [3.05, 3.63) is 78.2 Å². The summed E-state index contributed by atoms with van der Waals surface area (Å²) in [4.78, 5) is 27.1. The topological polar surface area (TPSA) is 80.5 Å². The molecule has 1 amide bonds. The van der Waals surface area contributed by atoms with Crippen molar-refractivity contribution >= 4 is 16.9 Å². The highest BCUT2D eigenvalue weighted by Crippen LogP contribution is 2.46. The van der Waals surface area contributed by atoms with Crippen LogP contribution in [0, 0.1) is 0 Å². The van der Waals surface area contributed by atoms with Gasteiger partial charge in [-0.2, -0.15) is 13.2 Å². The Kier molecular flexibility index (Phi) is 5.63. The molecule has 2 fully saturated rings. The van der Waals surface area contributed by atoms with Gasteiger partial charge in [0.05, 0.1) is 11.2 Å². The van der Waals surface area contributed by atoms with Crippen LogP contribution < -0.4 is 10.2 Å². The second-order valence-electron chi connectivity index (χ2n) is 9.42. The third kappa shape index (κ3) is 4.64. The number of fused-ring (bicyclic) bond motifs is 1. The summed E-state index contributed by atoms with van der Waals surface area (Å²) in [5.41, 5.74) is 1.04. The SMILES string of the molecule is O=C(NC1(c2ccnc(-c3ccc(C(F)(F)F)nc3)c2)CC1)C1CCCN1Oc1cc2ccccc2o1. The number of aromatic nitrogens is 2. The van der Waals surface area contributed by atoms with E-state index in [1.165, 1.54) is 12.3 Å². The molecule has 1 aromatic carbocycles. The zero-order valence-electron chi connectivity index (χ0n) is 19.7. The molecule has 7 nitrogen and oxygen atoms in total. The predicted octanol–water partition coefficient (Wildman–Crippen LogP) is 5.47. The number of amides is 1. The van der Waals surface area contributed by atoms with Gasteiger partial charge in [0.25, 0.3) is 0 Å². The van der Waals surface area contributed by atoms with Crippen molar-refractivity contribution in [2.75, 3.05) is 6.54 Å². The van der Waals surface area contributed by atoms with E-state index in [2.05, 4.69) is 15.3 Å². The molecule has 1 aliphatic heterocycles. The summed E-state index contributed by atoms with van der Waals surface area (Å²) in [6.45, 7) is 0.600. The van der Waals surface area contributed by atoms with Crippen LogP contribution in [0.25, 0.3) is 22.2 Å². The molecular formula is C27H23F3N4O3. The molecule has 0 radical (unpaired) electrons. The number of carbonyl (C=O) groups is 1. The summed E-state index contributed by atoms with van der Waals surface area (Å²) in [7, 11) is 0. The van der Waals surface area contributed by atoms with Crippen molar-refractivity contribution in [1.29, 1.82) is 0 Å². The van der Waals surface area contributed by atoms with Gasteiger partial charge in [-0.05, 0) is 61.6 Å². The first-order chi connectivity index (χ1) is 17.8. The lowest BCUT2D eigenvalue weighted by Crippen LogP contribution is -2.48. The second kappa shape index (κ2) is 8.88. The molecule has 6 rings (SSSR count). The maximum atomic E-state index is 13.3. The maximum absolute atomic E-state index is 13.3. The van der Waals surface area contributed by atoms with E-state index >= 15 is 0 Å². The van der Waals surface area contributed by atoms with Crippen LogP contribution in [0.15, 0.2) is 71.4 Å². The van der Waals surface area contributed by atoms with Crippen LogP contribution in [-0.2, 0) is 16.5 Å². The molecule has 0 bridgehead atoms. The monoisotopic (exact) mass is 508 g/mol. The molecule has 1 aliphatic carbocycles. The average Bonchev–Trinajstić information content (AvgIpc) is 3.32. The van der Waals surface area contributed by atoms with Crippen LogP contribution in [-0.4, -0.2) is 33.5 Å². The third-order valence-corrected chi connectivity index (χ3v) is 6.89. The summed E-state index contributed by atoms with van der Waals surface area (Å²) in [5.74, 6) is 0.201.